The molecule has 0 saturated heterocycles. The predicted molar refractivity (Wildman–Crippen MR) is 107 cm³/mol. The summed E-state index contributed by atoms with van der Waals surface area (Å²) in [6.45, 7) is 0. The number of carbonyl (C=O) groups is 1. The van der Waals surface area contributed by atoms with Crippen molar-refractivity contribution < 1.29 is 9.21 Å². The Morgan fingerprint density at radius 2 is 1.75 bits per heavy atom. The van der Waals surface area contributed by atoms with Gasteiger partial charge in [0, 0.05) is 6.04 Å². The van der Waals surface area contributed by atoms with Crippen molar-refractivity contribution >= 4 is 17.6 Å². The number of hydrogen-bond donors (Lipinski definition) is 2. The molecule has 0 radical (unpaired) electrons. The normalized spacial score (nSPS) is 15.3. The highest BCUT2D eigenvalue weighted by Gasteiger charge is 2.25. The Kier molecular flexibility index (Phi) is 5.58. The number of halogens is 1. The maximum Gasteiger partial charge on any atom is 0.315 e. The van der Waals surface area contributed by atoms with Crippen LogP contribution in [0.3, 0.4) is 0 Å². The molecule has 1 saturated carbocycles. The van der Waals surface area contributed by atoms with Crippen LogP contribution in [-0.4, -0.2) is 22.3 Å². The third-order valence-electron chi connectivity index (χ3n) is 4.89. The summed E-state index contributed by atoms with van der Waals surface area (Å²) in [4.78, 5) is 12.6. The van der Waals surface area contributed by atoms with Crippen molar-refractivity contribution in [3.05, 3.63) is 71.1 Å². The van der Waals surface area contributed by atoms with E-state index in [0.29, 0.717) is 22.4 Å². The highest BCUT2D eigenvalue weighted by molar-refractivity contribution is 6.33. The molecule has 0 bridgehead atoms. The van der Waals surface area contributed by atoms with Crippen molar-refractivity contribution in [1.82, 2.24) is 20.8 Å². The number of benzene rings is 2. The van der Waals surface area contributed by atoms with Crippen molar-refractivity contribution in [3.8, 4) is 11.5 Å². The second-order valence-electron chi connectivity index (χ2n) is 6.87. The van der Waals surface area contributed by atoms with E-state index in [1.807, 2.05) is 48.5 Å². The van der Waals surface area contributed by atoms with Gasteiger partial charge < -0.3 is 15.1 Å². The number of nitrogens with one attached hydrogen (secondary N) is 2. The number of hydrogen-bond acceptors (Lipinski definition) is 4. The molecule has 7 heteroatoms. The van der Waals surface area contributed by atoms with Crippen LogP contribution in [0.1, 0.15) is 43.2 Å². The summed E-state index contributed by atoms with van der Waals surface area (Å²) in [5, 5.41) is 14.8. The summed E-state index contributed by atoms with van der Waals surface area (Å²) < 4.78 is 5.89. The van der Waals surface area contributed by atoms with Crippen molar-refractivity contribution in [1.29, 1.82) is 0 Å². The molecule has 0 spiro atoms. The summed E-state index contributed by atoms with van der Waals surface area (Å²) in [6, 6.07) is 16.3. The number of carbonyl (C=O) groups excluding carboxylic acids is 1. The second kappa shape index (κ2) is 8.44. The van der Waals surface area contributed by atoms with E-state index >= 15 is 0 Å². The quantitative estimate of drug-likeness (QED) is 0.653. The van der Waals surface area contributed by atoms with E-state index in [1.54, 1.807) is 6.07 Å². The molecule has 2 aromatic carbocycles. The minimum atomic E-state index is -0.550. The van der Waals surface area contributed by atoms with Crippen molar-refractivity contribution in [2.24, 2.45) is 0 Å². The monoisotopic (exact) mass is 396 g/mol. The van der Waals surface area contributed by atoms with E-state index < -0.39 is 6.04 Å². The molecular formula is C21H21ClN4O2. The smallest absolute Gasteiger partial charge is 0.315 e. The standard InChI is InChI=1S/C21H21ClN4O2/c22-17-13-7-6-12-16(17)19-25-26-20(28-19)18(14-8-2-1-3-9-14)24-21(27)23-15-10-4-5-11-15/h1-3,6-9,12-13,15,18H,4-5,10-11H2,(H2,23,24,27). The Bertz CT molecular complexity index is 938. The second-order valence-corrected chi connectivity index (χ2v) is 7.28. The number of amides is 2. The molecule has 28 heavy (non-hydrogen) atoms. The molecule has 4 rings (SSSR count). The number of urea groups is 1. The van der Waals surface area contributed by atoms with Crippen molar-refractivity contribution in [3.63, 3.8) is 0 Å². The van der Waals surface area contributed by atoms with Crippen molar-refractivity contribution in [2.75, 3.05) is 0 Å². The molecule has 1 aliphatic rings. The van der Waals surface area contributed by atoms with Crippen LogP contribution in [0.4, 0.5) is 4.79 Å². The summed E-state index contributed by atoms with van der Waals surface area (Å²) >= 11 is 6.24. The lowest BCUT2D eigenvalue weighted by atomic mass is 10.1. The lowest BCUT2D eigenvalue weighted by Crippen LogP contribution is -2.42. The summed E-state index contributed by atoms with van der Waals surface area (Å²) in [5.74, 6) is 0.627. The van der Waals surface area contributed by atoms with Gasteiger partial charge in [0.15, 0.2) is 0 Å². The van der Waals surface area contributed by atoms with E-state index in [1.165, 1.54) is 0 Å². The van der Waals surface area contributed by atoms with E-state index in [4.69, 9.17) is 16.0 Å². The van der Waals surface area contributed by atoms with Gasteiger partial charge in [-0.3, -0.25) is 0 Å². The predicted octanol–water partition coefficient (Wildman–Crippen LogP) is 4.72. The molecule has 0 aliphatic heterocycles. The zero-order valence-corrected chi connectivity index (χ0v) is 16.0. The highest BCUT2D eigenvalue weighted by Crippen LogP contribution is 2.29. The molecule has 2 amide bonds. The molecule has 1 fully saturated rings. The van der Waals surface area contributed by atoms with Gasteiger partial charge in [0.2, 0.25) is 11.8 Å². The van der Waals surface area contributed by atoms with Gasteiger partial charge in [0.25, 0.3) is 0 Å². The molecule has 1 atom stereocenters. The summed E-state index contributed by atoms with van der Waals surface area (Å²) in [7, 11) is 0. The van der Waals surface area contributed by atoms with Gasteiger partial charge >= 0.3 is 6.03 Å². The van der Waals surface area contributed by atoms with Crippen molar-refractivity contribution in [2.45, 2.75) is 37.8 Å². The fraction of sp³-hybridized carbons (Fsp3) is 0.286. The first-order chi connectivity index (χ1) is 13.7. The minimum Gasteiger partial charge on any atom is -0.418 e. The molecule has 3 aromatic rings. The van der Waals surface area contributed by atoms with Crippen LogP contribution in [0.2, 0.25) is 5.02 Å². The molecule has 1 aromatic heterocycles. The Labute approximate surface area is 168 Å². The van der Waals surface area contributed by atoms with Crippen LogP contribution < -0.4 is 10.6 Å². The first-order valence-electron chi connectivity index (χ1n) is 9.41. The zero-order chi connectivity index (χ0) is 19.3. The fourth-order valence-corrected chi connectivity index (χ4v) is 3.67. The molecule has 1 aliphatic carbocycles. The molecule has 1 heterocycles. The number of aromatic nitrogens is 2. The van der Waals surface area contributed by atoms with Crippen LogP contribution in [0.5, 0.6) is 0 Å². The van der Waals surface area contributed by atoms with Crippen LogP contribution >= 0.6 is 11.6 Å². The van der Waals surface area contributed by atoms with Crippen LogP contribution in [-0.2, 0) is 0 Å². The third kappa shape index (κ3) is 4.17. The average Bonchev–Trinajstić information content (AvgIpc) is 3.39. The van der Waals surface area contributed by atoms with Gasteiger partial charge in [0.1, 0.15) is 6.04 Å². The largest absolute Gasteiger partial charge is 0.418 e. The Morgan fingerprint density at radius 3 is 2.50 bits per heavy atom. The van der Waals surface area contributed by atoms with E-state index in [2.05, 4.69) is 20.8 Å². The molecular weight excluding hydrogens is 376 g/mol. The first kappa shape index (κ1) is 18.5. The van der Waals surface area contributed by atoms with E-state index in [9.17, 15) is 4.79 Å². The lowest BCUT2D eigenvalue weighted by molar-refractivity contribution is 0.233. The Morgan fingerprint density at radius 1 is 1.04 bits per heavy atom. The average molecular weight is 397 g/mol. The molecule has 1 unspecified atom stereocenters. The Hall–Kier alpha value is -2.86. The van der Waals surface area contributed by atoms with Crippen LogP contribution in [0.25, 0.3) is 11.5 Å². The van der Waals surface area contributed by atoms with E-state index in [0.717, 1.165) is 31.2 Å². The topological polar surface area (TPSA) is 80.0 Å². The number of nitrogens with zero attached hydrogens (tertiary/aromatic N) is 2. The maximum atomic E-state index is 12.6. The van der Waals surface area contributed by atoms with Crippen LogP contribution in [0, 0.1) is 0 Å². The van der Waals surface area contributed by atoms with Gasteiger partial charge in [0.05, 0.1) is 10.6 Å². The molecule has 2 N–H and O–H groups in total. The highest BCUT2D eigenvalue weighted by atomic mass is 35.5. The van der Waals surface area contributed by atoms with Gasteiger partial charge in [-0.15, -0.1) is 10.2 Å². The molecule has 6 nitrogen and oxygen atoms in total. The Balaban J connectivity index is 1.59. The first-order valence-corrected chi connectivity index (χ1v) is 9.79. The van der Waals surface area contributed by atoms with Gasteiger partial charge in [-0.2, -0.15) is 0 Å². The summed E-state index contributed by atoms with van der Waals surface area (Å²) in [5.41, 5.74) is 1.52. The lowest BCUT2D eigenvalue weighted by Gasteiger charge is -2.18. The van der Waals surface area contributed by atoms with Gasteiger partial charge in [-0.1, -0.05) is 66.9 Å². The van der Waals surface area contributed by atoms with Crippen LogP contribution in [0.15, 0.2) is 59.0 Å². The summed E-state index contributed by atoms with van der Waals surface area (Å²) in [6.07, 6.45) is 4.33. The van der Waals surface area contributed by atoms with E-state index in [-0.39, 0.29) is 12.1 Å². The number of rotatable bonds is 5. The molecule has 144 valence electrons. The maximum absolute atomic E-state index is 12.6. The zero-order valence-electron chi connectivity index (χ0n) is 15.3. The minimum absolute atomic E-state index is 0.220. The van der Waals surface area contributed by atoms with Gasteiger partial charge in [-0.05, 0) is 30.5 Å². The van der Waals surface area contributed by atoms with Gasteiger partial charge in [-0.25, -0.2) is 4.79 Å². The fourth-order valence-electron chi connectivity index (χ4n) is 3.46. The SMILES string of the molecule is O=C(NC1CCCC1)NC(c1ccccc1)c1nnc(-c2ccccc2Cl)o1. The third-order valence-corrected chi connectivity index (χ3v) is 5.22.